The van der Waals surface area contributed by atoms with Crippen LogP contribution in [0, 0.1) is 6.92 Å². The van der Waals surface area contributed by atoms with Crippen LogP contribution in [-0.4, -0.2) is 34.2 Å². The third-order valence-corrected chi connectivity index (χ3v) is 2.58. The van der Waals surface area contributed by atoms with Crippen molar-refractivity contribution >= 4 is 11.3 Å². The van der Waals surface area contributed by atoms with E-state index in [4.69, 9.17) is 0 Å². The molecule has 1 aromatic rings. The van der Waals surface area contributed by atoms with Crippen molar-refractivity contribution in [2.45, 2.75) is 32.9 Å². The van der Waals surface area contributed by atoms with Gasteiger partial charge in [0, 0.05) is 18.5 Å². The van der Waals surface area contributed by atoms with Crippen molar-refractivity contribution in [2.24, 2.45) is 0 Å². The van der Waals surface area contributed by atoms with Crippen molar-refractivity contribution in [1.29, 1.82) is 0 Å². The normalized spacial score (nSPS) is 12.4. The van der Waals surface area contributed by atoms with Crippen LogP contribution in [0.3, 0.4) is 0 Å². The van der Waals surface area contributed by atoms with Gasteiger partial charge in [0.1, 0.15) is 0 Å². The maximum atomic E-state index is 9.61. The van der Waals surface area contributed by atoms with Gasteiger partial charge in [-0.15, -0.1) is 11.3 Å². The number of rotatable bonds is 4. The van der Waals surface area contributed by atoms with Crippen LogP contribution in [0.15, 0.2) is 5.38 Å². The fraction of sp³-hybridized carbons (Fsp3) is 0.700. The third kappa shape index (κ3) is 4.17. The van der Waals surface area contributed by atoms with E-state index in [2.05, 4.69) is 15.3 Å². The summed E-state index contributed by atoms with van der Waals surface area (Å²) in [6, 6.07) is 0. The fourth-order valence-corrected chi connectivity index (χ4v) is 2.08. The molecule has 0 spiro atoms. The van der Waals surface area contributed by atoms with E-state index in [-0.39, 0.29) is 0 Å². The van der Waals surface area contributed by atoms with Gasteiger partial charge in [-0.1, -0.05) is 0 Å². The predicted molar refractivity (Wildman–Crippen MR) is 59.5 cm³/mol. The molecule has 1 aromatic heterocycles. The number of thiazole rings is 1. The Hall–Kier alpha value is -0.450. The monoisotopic (exact) mass is 214 g/mol. The van der Waals surface area contributed by atoms with E-state index in [0.29, 0.717) is 6.54 Å². The Bertz CT molecular complexity index is 291. The summed E-state index contributed by atoms with van der Waals surface area (Å²) >= 11 is 1.66. The second kappa shape index (κ2) is 4.38. The first kappa shape index (κ1) is 11.6. The lowest BCUT2D eigenvalue weighted by Crippen LogP contribution is -2.35. The average molecular weight is 214 g/mol. The molecule has 0 radical (unpaired) electrons. The zero-order valence-corrected chi connectivity index (χ0v) is 10.1. The Balaban J connectivity index is 2.45. The van der Waals surface area contributed by atoms with Crippen LogP contribution in [0.4, 0.5) is 0 Å². The maximum Gasteiger partial charge on any atom is 0.0897 e. The minimum atomic E-state index is -0.639. The molecule has 3 nitrogen and oxygen atoms in total. The summed E-state index contributed by atoms with van der Waals surface area (Å²) < 4.78 is 0. The molecule has 1 N–H and O–H groups in total. The van der Waals surface area contributed by atoms with Crippen LogP contribution in [-0.2, 0) is 6.54 Å². The SMILES string of the molecule is Cc1nc(CN(C)CC(C)(C)O)cs1. The first-order valence-corrected chi connectivity index (χ1v) is 5.57. The molecule has 0 aromatic carbocycles. The molecule has 0 unspecified atom stereocenters. The van der Waals surface area contributed by atoms with E-state index in [0.717, 1.165) is 17.2 Å². The molecule has 0 aliphatic rings. The van der Waals surface area contributed by atoms with Crippen LogP contribution in [0.5, 0.6) is 0 Å². The van der Waals surface area contributed by atoms with E-state index < -0.39 is 5.60 Å². The van der Waals surface area contributed by atoms with Crippen molar-refractivity contribution in [3.05, 3.63) is 16.1 Å². The molecule has 0 amide bonds. The van der Waals surface area contributed by atoms with Gasteiger partial charge in [0.25, 0.3) is 0 Å². The molecular weight excluding hydrogens is 196 g/mol. The first-order valence-electron chi connectivity index (χ1n) is 4.69. The summed E-state index contributed by atoms with van der Waals surface area (Å²) in [6.45, 7) is 7.09. The van der Waals surface area contributed by atoms with Gasteiger partial charge in [0.05, 0.1) is 16.3 Å². The summed E-state index contributed by atoms with van der Waals surface area (Å²) in [5.41, 5.74) is 0.444. The Labute approximate surface area is 89.4 Å². The average Bonchev–Trinajstić information content (AvgIpc) is 2.30. The summed E-state index contributed by atoms with van der Waals surface area (Å²) in [7, 11) is 1.99. The van der Waals surface area contributed by atoms with Crippen LogP contribution in [0.2, 0.25) is 0 Å². The molecule has 14 heavy (non-hydrogen) atoms. The second-order valence-electron chi connectivity index (χ2n) is 4.34. The largest absolute Gasteiger partial charge is 0.389 e. The van der Waals surface area contributed by atoms with E-state index in [1.165, 1.54) is 0 Å². The Morgan fingerprint density at radius 2 is 2.21 bits per heavy atom. The van der Waals surface area contributed by atoms with Crippen molar-refractivity contribution in [3.8, 4) is 0 Å². The highest BCUT2D eigenvalue weighted by Crippen LogP contribution is 2.11. The van der Waals surface area contributed by atoms with Gasteiger partial charge in [0.2, 0.25) is 0 Å². The number of aromatic nitrogens is 1. The highest BCUT2D eigenvalue weighted by molar-refractivity contribution is 7.09. The molecule has 0 bridgehead atoms. The number of likely N-dealkylation sites (N-methyl/N-ethyl adjacent to an activating group) is 1. The Morgan fingerprint density at radius 1 is 1.57 bits per heavy atom. The number of hydrogen-bond donors (Lipinski definition) is 1. The van der Waals surface area contributed by atoms with Gasteiger partial charge in [0.15, 0.2) is 0 Å². The second-order valence-corrected chi connectivity index (χ2v) is 5.40. The Kier molecular flexibility index (Phi) is 3.64. The van der Waals surface area contributed by atoms with Crippen LogP contribution in [0.1, 0.15) is 24.5 Å². The summed E-state index contributed by atoms with van der Waals surface area (Å²) in [4.78, 5) is 6.45. The smallest absolute Gasteiger partial charge is 0.0897 e. The lowest BCUT2D eigenvalue weighted by Gasteiger charge is -2.24. The topological polar surface area (TPSA) is 36.4 Å². The molecule has 4 heteroatoms. The van der Waals surface area contributed by atoms with E-state index in [1.54, 1.807) is 11.3 Å². The van der Waals surface area contributed by atoms with E-state index >= 15 is 0 Å². The maximum absolute atomic E-state index is 9.61. The predicted octanol–water partition coefficient (Wildman–Crippen LogP) is 1.65. The van der Waals surface area contributed by atoms with Crippen LogP contribution in [0.25, 0.3) is 0 Å². The molecule has 1 heterocycles. The summed E-state index contributed by atoms with van der Waals surface area (Å²) in [6.07, 6.45) is 0. The van der Waals surface area contributed by atoms with Crippen molar-refractivity contribution in [3.63, 3.8) is 0 Å². The molecule has 80 valence electrons. The number of aryl methyl sites for hydroxylation is 1. The Morgan fingerprint density at radius 3 is 2.64 bits per heavy atom. The summed E-state index contributed by atoms with van der Waals surface area (Å²) in [5.74, 6) is 0. The van der Waals surface area contributed by atoms with Crippen LogP contribution >= 0.6 is 11.3 Å². The van der Waals surface area contributed by atoms with Gasteiger partial charge in [-0.2, -0.15) is 0 Å². The van der Waals surface area contributed by atoms with E-state index in [9.17, 15) is 5.11 Å². The minimum absolute atomic E-state index is 0.639. The molecular formula is C10H18N2OS. The molecule has 0 atom stereocenters. The molecule has 0 saturated heterocycles. The van der Waals surface area contributed by atoms with Gasteiger partial charge in [-0.05, 0) is 27.8 Å². The van der Waals surface area contributed by atoms with Crippen molar-refractivity contribution < 1.29 is 5.11 Å². The van der Waals surface area contributed by atoms with Gasteiger partial charge < -0.3 is 5.11 Å². The number of nitrogens with zero attached hydrogens (tertiary/aromatic N) is 2. The third-order valence-electron chi connectivity index (χ3n) is 1.76. The quantitative estimate of drug-likeness (QED) is 0.828. The van der Waals surface area contributed by atoms with Crippen LogP contribution < -0.4 is 0 Å². The van der Waals surface area contributed by atoms with E-state index in [1.807, 2.05) is 27.8 Å². The molecule has 0 saturated carbocycles. The van der Waals surface area contributed by atoms with Crippen molar-refractivity contribution in [1.82, 2.24) is 9.88 Å². The highest BCUT2D eigenvalue weighted by atomic mass is 32.1. The lowest BCUT2D eigenvalue weighted by molar-refractivity contribution is 0.0422. The first-order chi connectivity index (χ1) is 6.37. The molecule has 0 fully saturated rings. The molecule has 0 aliphatic carbocycles. The summed E-state index contributed by atoms with van der Waals surface area (Å²) in [5, 5.41) is 12.8. The highest BCUT2D eigenvalue weighted by Gasteiger charge is 2.15. The van der Waals surface area contributed by atoms with Crippen molar-refractivity contribution in [2.75, 3.05) is 13.6 Å². The zero-order valence-electron chi connectivity index (χ0n) is 9.24. The standard InChI is InChI=1S/C10H18N2OS/c1-8-11-9(6-14-8)5-12(4)7-10(2,3)13/h6,13H,5,7H2,1-4H3. The number of hydrogen-bond acceptors (Lipinski definition) is 4. The molecule has 1 rings (SSSR count). The van der Waals surface area contributed by atoms with Gasteiger partial charge in [-0.3, -0.25) is 4.90 Å². The molecule has 0 aliphatic heterocycles. The van der Waals surface area contributed by atoms with Gasteiger partial charge in [-0.25, -0.2) is 4.98 Å². The fourth-order valence-electron chi connectivity index (χ4n) is 1.47. The number of aliphatic hydroxyl groups is 1. The van der Waals surface area contributed by atoms with Gasteiger partial charge >= 0.3 is 0 Å². The minimum Gasteiger partial charge on any atom is -0.389 e. The lowest BCUT2D eigenvalue weighted by atomic mass is 10.1. The zero-order chi connectivity index (χ0) is 10.8.